The molecule has 0 heterocycles. The Labute approximate surface area is 192 Å². The summed E-state index contributed by atoms with van der Waals surface area (Å²) in [7, 11) is -2.49. The second kappa shape index (κ2) is 10.9. The van der Waals surface area contributed by atoms with Gasteiger partial charge in [0.1, 0.15) is 24.7 Å². The van der Waals surface area contributed by atoms with Gasteiger partial charge in [0.05, 0.1) is 29.3 Å². The highest BCUT2D eigenvalue weighted by Crippen LogP contribution is 2.25. The lowest BCUT2D eigenvalue weighted by Crippen LogP contribution is -2.41. The number of amides is 1. The average Bonchev–Trinajstić information content (AvgIpc) is 2.82. The molecule has 0 radical (unpaired) electrons. The molecule has 0 bridgehead atoms. The van der Waals surface area contributed by atoms with Crippen LogP contribution in [-0.2, 0) is 14.8 Å². The smallest absolute Gasteiger partial charge is 0.264 e. The van der Waals surface area contributed by atoms with Crippen LogP contribution in [0.4, 0.5) is 5.69 Å². The second-order valence-corrected chi connectivity index (χ2v) is 8.92. The molecular weight excluding hydrogens is 452 g/mol. The Morgan fingerprint density at radius 2 is 1.62 bits per heavy atom. The van der Waals surface area contributed by atoms with Crippen molar-refractivity contribution < 1.29 is 22.7 Å². The highest BCUT2D eigenvalue weighted by atomic mass is 35.5. The molecule has 0 fully saturated rings. The number of hydrogen-bond donors (Lipinski definition) is 1. The average molecular weight is 475 g/mol. The molecule has 0 saturated heterocycles. The van der Waals surface area contributed by atoms with E-state index in [9.17, 15) is 13.2 Å². The van der Waals surface area contributed by atoms with Crippen molar-refractivity contribution >= 4 is 33.2 Å². The number of carbonyl (C=O) groups is 1. The van der Waals surface area contributed by atoms with Crippen LogP contribution in [0.25, 0.3) is 0 Å². The Balaban J connectivity index is 1.69. The number of halogens is 1. The first kappa shape index (κ1) is 23.4. The molecule has 0 saturated carbocycles. The van der Waals surface area contributed by atoms with Crippen molar-refractivity contribution in [1.82, 2.24) is 5.32 Å². The van der Waals surface area contributed by atoms with Gasteiger partial charge in [0, 0.05) is 0 Å². The van der Waals surface area contributed by atoms with Gasteiger partial charge in [-0.1, -0.05) is 41.9 Å². The summed E-state index contributed by atoms with van der Waals surface area (Å²) < 4.78 is 38.3. The summed E-state index contributed by atoms with van der Waals surface area (Å²) in [5.74, 6) is 0.580. The molecule has 3 rings (SSSR count). The van der Waals surface area contributed by atoms with E-state index in [-0.39, 0.29) is 24.6 Å². The SMILES string of the molecule is COc1ccc(S(=O)(=O)N(CC(=O)NCCOc2ccccc2Cl)c2ccccc2)cc1. The summed E-state index contributed by atoms with van der Waals surface area (Å²) in [5.41, 5.74) is 0.380. The van der Waals surface area contributed by atoms with Crippen LogP contribution in [0.3, 0.4) is 0 Å². The van der Waals surface area contributed by atoms with Crippen LogP contribution in [0.5, 0.6) is 11.5 Å². The molecule has 3 aromatic carbocycles. The number of methoxy groups -OCH3 is 1. The molecule has 0 aromatic heterocycles. The molecule has 1 amide bonds. The van der Waals surface area contributed by atoms with Crippen molar-refractivity contribution in [3.05, 3.63) is 83.9 Å². The van der Waals surface area contributed by atoms with Gasteiger partial charge in [-0.3, -0.25) is 9.10 Å². The van der Waals surface area contributed by atoms with E-state index < -0.39 is 15.9 Å². The van der Waals surface area contributed by atoms with Gasteiger partial charge in [0.25, 0.3) is 10.0 Å². The van der Waals surface area contributed by atoms with Crippen LogP contribution in [0.15, 0.2) is 83.8 Å². The Kier molecular flexibility index (Phi) is 7.97. The molecule has 0 spiro atoms. The number of para-hydroxylation sites is 2. The Morgan fingerprint density at radius 1 is 0.969 bits per heavy atom. The third kappa shape index (κ3) is 5.93. The van der Waals surface area contributed by atoms with Crippen molar-refractivity contribution in [2.24, 2.45) is 0 Å². The van der Waals surface area contributed by atoms with Gasteiger partial charge >= 0.3 is 0 Å². The zero-order valence-electron chi connectivity index (χ0n) is 17.4. The fourth-order valence-corrected chi connectivity index (χ4v) is 4.50. The van der Waals surface area contributed by atoms with E-state index in [1.807, 2.05) is 0 Å². The predicted molar refractivity (Wildman–Crippen MR) is 124 cm³/mol. The molecule has 0 unspecified atom stereocenters. The summed E-state index contributed by atoms with van der Waals surface area (Å²) in [4.78, 5) is 12.6. The lowest BCUT2D eigenvalue weighted by Gasteiger charge is -2.24. The number of sulfonamides is 1. The highest BCUT2D eigenvalue weighted by Gasteiger charge is 2.27. The molecule has 168 valence electrons. The fourth-order valence-electron chi connectivity index (χ4n) is 2.88. The maximum absolute atomic E-state index is 13.3. The van der Waals surface area contributed by atoms with Crippen LogP contribution in [-0.4, -0.2) is 41.1 Å². The fraction of sp³-hybridized carbons (Fsp3) is 0.174. The van der Waals surface area contributed by atoms with Gasteiger partial charge in [0.2, 0.25) is 5.91 Å². The number of nitrogens with zero attached hydrogens (tertiary/aromatic N) is 1. The number of nitrogens with one attached hydrogen (secondary N) is 1. The largest absolute Gasteiger partial charge is 0.497 e. The van der Waals surface area contributed by atoms with Crippen LogP contribution in [0.2, 0.25) is 5.02 Å². The minimum atomic E-state index is -3.99. The summed E-state index contributed by atoms with van der Waals surface area (Å²) in [5, 5.41) is 3.15. The predicted octanol–water partition coefficient (Wildman–Crippen LogP) is 3.74. The number of carbonyl (C=O) groups excluding carboxylic acids is 1. The Bertz CT molecular complexity index is 1140. The molecule has 0 aliphatic carbocycles. The zero-order valence-corrected chi connectivity index (χ0v) is 19.0. The normalized spacial score (nSPS) is 10.9. The minimum absolute atomic E-state index is 0.0528. The molecule has 9 heteroatoms. The van der Waals surface area contributed by atoms with E-state index in [4.69, 9.17) is 21.1 Å². The molecule has 0 aliphatic heterocycles. The van der Waals surface area contributed by atoms with Crippen LogP contribution in [0.1, 0.15) is 0 Å². The van der Waals surface area contributed by atoms with Gasteiger partial charge in [-0.15, -0.1) is 0 Å². The van der Waals surface area contributed by atoms with Gasteiger partial charge in [-0.2, -0.15) is 0 Å². The van der Waals surface area contributed by atoms with E-state index in [1.165, 1.54) is 19.2 Å². The maximum Gasteiger partial charge on any atom is 0.264 e. The van der Waals surface area contributed by atoms with Crippen LogP contribution >= 0.6 is 11.6 Å². The number of anilines is 1. The molecule has 3 aromatic rings. The quantitative estimate of drug-likeness (QED) is 0.452. The Hall–Kier alpha value is -3.23. The molecule has 32 heavy (non-hydrogen) atoms. The maximum atomic E-state index is 13.3. The number of hydrogen-bond acceptors (Lipinski definition) is 5. The van der Waals surface area contributed by atoms with E-state index in [0.717, 1.165) is 4.31 Å². The summed E-state index contributed by atoms with van der Waals surface area (Å²) in [6, 6.07) is 21.5. The van der Waals surface area contributed by atoms with E-state index in [2.05, 4.69) is 5.32 Å². The minimum Gasteiger partial charge on any atom is -0.497 e. The number of benzene rings is 3. The van der Waals surface area contributed by atoms with Gasteiger partial charge in [0.15, 0.2) is 0 Å². The van der Waals surface area contributed by atoms with Crippen molar-refractivity contribution in [2.75, 3.05) is 31.1 Å². The van der Waals surface area contributed by atoms with E-state index in [0.29, 0.717) is 22.2 Å². The second-order valence-electron chi connectivity index (χ2n) is 6.65. The third-order valence-electron chi connectivity index (χ3n) is 4.50. The molecule has 0 aliphatic rings. The lowest BCUT2D eigenvalue weighted by atomic mass is 10.3. The van der Waals surface area contributed by atoms with Crippen LogP contribution < -0.4 is 19.1 Å². The van der Waals surface area contributed by atoms with Crippen molar-refractivity contribution in [3.63, 3.8) is 0 Å². The first-order valence-electron chi connectivity index (χ1n) is 9.77. The van der Waals surface area contributed by atoms with Crippen molar-refractivity contribution in [3.8, 4) is 11.5 Å². The third-order valence-corrected chi connectivity index (χ3v) is 6.60. The first-order chi connectivity index (χ1) is 15.4. The molecule has 1 N–H and O–H groups in total. The summed E-state index contributed by atoms with van der Waals surface area (Å²) in [6.07, 6.45) is 0. The van der Waals surface area contributed by atoms with Gasteiger partial charge < -0.3 is 14.8 Å². The van der Waals surface area contributed by atoms with Crippen molar-refractivity contribution in [1.29, 1.82) is 0 Å². The lowest BCUT2D eigenvalue weighted by molar-refractivity contribution is -0.119. The molecule has 7 nitrogen and oxygen atoms in total. The monoisotopic (exact) mass is 474 g/mol. The number of rotatable bonds is 10. The first-order valence-corrected chi connectivity index (χ1v) is 11.6. The van der Waals surface area contributed by atoms with Crippen LogP contribution in [0, 0.1) is 0 Å². The molecular formula is C23H23ClN2O5S. The van der Waals surface area contributed by atoms with Crippen molar-refractivity contribution in [2.45, 2.75) is 4.90 Å². The van der Waals surface area contributed by atoms with E-state index >= 15 is 0 Å². The van der Waals surface area contributed by atoms with Gasteiger partial charge in [-0.05, 0) is 48.5 Å². The topological polar surface area (TPSA) is 84.9 Å². The highest BCUT2D eigenvalue weighted by molar-refractivity contribution is 7.92. The Morgan fingerprint density at radius 3 is 2.28 bits per heavy atom. The summed E-state index contributed by atoms with van der Waals surface area (Å²) >= 11 is 6.04. The van der Waals surface area contributed by atoms with Gasteiger partial charge in [-0.25, -0.2) is 8.42 Å². The van der Waals surface area contributed by atoms with E-state index in [1.54, 1.807) is 66.7 Å². The zero-order chi connectivity index (χ0) is 23.0. The molecule has 0 atom stereocenters. The number of ether oxygens (including phenoxy) is 2. The standard InChI is InChI=1S/C23H23ClN2O5S/c1-30-19-11-13-20(14-12-19)32(28,29)26(18-7-3-2-4-8-18)17-23(27)25-15-16-31-22-10-6-5-9-21(22)24/h2-14H,15-17H2,1H3,(H,25,27). The summed E-state index contributed by atoms with van der Waals surface area (Å²) in [6.45, 7) is -0.00816.